The number of carbonyl (C=O) groups is 1. The van der Waals surface area contributed by atoms with E-state index in [4.69, 9.17) is 13.9 Å². The van der Waals surface area contributed by atoms with Crippen LogP contribution in [0.25, 0.3) is 11.0 Å². The second kappa shape index (κ2) is 8.16. The lowest BCUT2D eigenvalue weighted by Crippen LogP contribution is -2.10. The Morgan fingerprint density at radius 1 is 0.967 bits per heavy atom. The fraction of sp³-hybridized carbons (Fsp3) is 0.0833. The maximum atomic E-state index is 12.9. The van der Waals surface area contributed by atoms with Crippen LogP contribution >= 0.6 is 15.9 Å². The highest BCUT2D eigenvalue weighted by atomic mass is 79.9. The monoisotopic (exact) mass is 464 g/mol. The summed E-state index contributed by atoms with van der Waals surface area (Å²) in [6.07, 6.45) is 0. The van der Waals surface area contributed by atoms with Crippen molar-refractivity contribution in [3.8, 4) is 17.2 Å². The summed E-state index contributed by atoms with van der Waals surface area (Å²) < 4.78 is 17.8. The molecular weight excluding hydrogens is 448 g/mol. The maximum absolute atomic E-state index is 12.9. The Morgan fingerprint density at radius 2 is 1.70 bits per heavy atom. The smallest absolute Gasteiger partial charge is 0.343 e. The molecule has 0 saturated heterocycles. The second-order valence-corrected chi connectivity index (χ2v) is 7.62. The second-order valence-electron chi connectivity index (χ2n) is 6.76. The van der Waals surface area contributed by atoms with Crippen LogP contribution in [0.1, 0.15) is 21.7 Å². The molecule has 4 rings (SSSR count). The topological polar surface area (TPSA) is 65.7 Å². The van der Waals surface area contributed by atoms with Crippen LogP contribution in [0.2, 0.25) is 0 Å². The molecule has 5 nitrogen and oxygen atoms in total. The Hall–Kier alpha value is -3.38. The predicted octanol–water partition coefficient (Wildman–Crippen LogP) is 6.18. The summed E-state index contributed by atoms with van der Waals surface area (Å²) in [6, 6.07) is 19.0. The average Bonchev–Trinajstić information content (AvgIpc) is 2.72. The number of esters is 1. The fourth-order valence-electron chi connectivity index (χ4n) is 2.94. The van der Waals surface area contributed by atoms with E-state index in [9.17, 15) is 9.59 Å². The van der Waals surface area contributed by atoms with Crippen molar-refractivity contribution in [2.24, 2.45) is 0 Å². The number of ether oxygens (including phenoxy) is 2. The third-order valence-electron chi connectivity index (χ3n) is 4.53. The minimum Gasteiger partial charge on any atom is -0.457 e. The van der Waals surface area contributed by atoms with Gasteiger partial charge in [0.05, 0.1) is 15.4 Å². The van der Waals surface area contributed by atoms with Gasteiger partial charge in [-0.05, 0) is 66.2 Å². The van der Waals surface area contributed by atoms with E-state index >= 15 is 0 Å². The van der Waals surface area contributed by atoms with Gasteiger partial charge in [-0.1, -0.05) is 29.8 Å². The number of rotatable bonds is 4. The summed E-state index contributed by atoms with van der Waals surface area (Å²) in [7, 11) is 0. The molecule has 0 fully saturated rings. The highest BCUT2D eigenvalue weighted by Gasteiger charge is 2.16. The van der Waals surface area contributed by atoms with Gasteiger partial charge in [-0.25, -0.2) is 4.79 Å². The first-order chi connectivity index (χ1) is 14.4. The first-order valence-corrected chi connectivity index (χ1v) is 10.0. The minimum absolute atomic E-state index is 0.110. The number of benzene rings is 3. The normalized spacial score (nSPS) is 10.8. The molecule has 0 aliphatic carbocycles. The van der Waals surface area contributed by atoms with Gasteiger partial charge in [-0.2, -0.15) is 0 Å². The summed E-state index contributed by atoms with van der Waals surface area (Å²) in [5.74, 6) is 0.748. The summed E-state index contributed by atoms with van der Waals surface area (Å²) in [4.78, 5) is 25.3. The lowest BCUT2D eigenvalue weighted by Gasteiger charge is -2.11. The average molecular weight is 465 g/mol. The van der Waals surface area contributed by atoms with Crippen LogP contribution < -0.4 is 14.9 Å². The molecule has 1 heterocycles. The summed E-state index contributed by atoms with van der Waals surface area (Å²) in [5.41, 5.74) is 1.50. The van der Waals surface area contributed by atoms with Crippen molar-refractivity contribution in [3.05, 3.63) is 98.3 Å². The Balaban J connectivity index is 1.65. The molecule has 30 heavy (non-hydrogen) atoms. The largest absolute Gasteiger partial charge is 0.457 e. The van der Waals surface area contributed by atoms with Crippen molar-refractivity contribution in [1.82, 2.24) is 0 Å². The predicted molar refractivity (Wildman–Crippen MR) is 118 cm³/mol. The molecule has 0 aliphatic heterocycles. The molecule has 150 valence electrons. The van der Waals surface area contributed by atoms with Crippen LogP contribution in [-0.2, 0) is 0 Å². The number of hydrogen-bond donors (Lipinski definition) is 0. The zero-order chi connectivity index (χ0) is 21.3. The van der Waals surface area contributed by atoms with E-state index in [-0.39, 0.29) is 16.9 Å². The van der Waals surface area contributed by atoms with Crippen molar-refractivity contribution in [2.75, 3.05) is 0 Å². The Kier molecular flexibility index (Phi) is 5.42. The van der Waals surface area contributed by atoms with Crippen molar-refractivity contribution < 1.29 is 18.7 Å². The fourth-order valence-corrected chi connectivity index (χ4v) is 3.31. The van der Waals surface area contributed by atoms with E-state index < -0.39 is 5.97 Å². The molecule has 0 aliphatic rings. The van der Waals surface area contributed by atoms with Gasteiger partial charge >= 0.3 is 5.97 Å². The molecule has 0 N–H and O–H groups in total. The van der Waals surface area contributed by atoms with Crippen LogP contribution in [-0.4, -0.2) is 5.97 Å². The number of para-hydroxylation sites is 1. The number of fused-ring (bicyclic) bond motifs is 1. The van der Waals surface area contributed by atoms with Crippen molar-refractivity contribution in [3.63, 3.8) is 0 Å². The van der Waals surface area contributed by atoms with Gasteiger partial charge in [0.1, 0.15) is 22.8 Å². The van der Waals surface area contributed by atoms with Gasteiger partial charge < -0.3 is 13.9 Å². The standard InChI is InChI=1S/C24H17BrO5/c1-14-7-9-16(10-8-14)24(27)29-17-11-12-18-21(13-17)28-15(2)23(22(18)26)30-20-6-4-3-5-19(20)25/h3-13H,1-2H3. The molecule has 6 heteroatoms. The van der Waals surface area contributed by atoms with Crippen LogP contribution in [0.4, 0.5) is 0 Å². The van der Waals surface area contributed by atoms with Crippen molar-refractivity contribution >= 4 is 32.9 Å². The molecule has 0 atom stereocenters. The summed E-state index contributed by atoms with van der Waals surface area (Å²) >= 11 is 3.40. The molecule has 0 bridgehead atoms. The third kappa shape index (κ3) is 4.00. The van der Waals surface area contributed by atoms with E-state index in [1.807, 2.05) is 37.3 Å². The van der Waals surface area contributed by atoms with Crippen molar-refractivity contribution in [1.29, 1.82) is 0 Å². The lowest BCUT2D eigenvalue weighted by atomic mass is 10.1. The molecule has 0 amide bonds. The molecule has 3 aromatic carbocycles. The highest BCUT2D eigenvalue weighted by Crippen LogP contribution is 2.31. The van der Waals surface area contributed by atoms with Crippen LogP contribution in [0.3, 0.4) is 0 Å². The lowest BCUT2D eigenvalue weighted by molar-refractivity contribution is 0.0735. The molecular formula is C24H17BrO5. The number of halogens is 1. The van der Waals surface area contributed by atoms with E-state index in [0.717, 1.165) is 10.0 Å². The SMILES string of the molecule is Cc1ccc(C(=O)Oc2ccc3c(=O)c(Oc4ccccc4Br)c(C)oc3c2)cc1. The van der Waals surface area contributed by atoms with Gasteiger partial charge in [-0.15, -0.1) is 0 Å². The maximum Gasteiger partial charge on any atom is 0.343 e. The zero-order valence-corrected chi connectivity index (χ0v) is 17.9. The van der Waals surface area contributed by atoms with Gasteiger partial charge in [0.15, 0.2) is 0 Å². The first-order valence-electron chi connectivity index (χ1n) is 9.21. The third-order valence-corrected chi connectivity index (χ3v) is 5.19. The van der Waals surface area contributed by atoms with Crippen molar-refractivity contribution in [2.45, 2.75) is 13.8 Å². The van der Waals surface area contributed by atoms with Crippen LogP contribution in [0, 0.1) is 13.8 Å². The number of carbonyl (C=O) groups excluding carboxylic acids is 1. The van der Waals surface area contributed by atoms with Gasteiger partial charge in [0, 0.05) is 6.07 Å². The molecule has 4 aromatic rings. The molecule has 0 saturated carbocycles. The van der Waals surface area contributed by atoms with E-state index in [1.165, 1.54) is 6.07 Å². The summed E-state index contributed by atoms with van der Waals surface area (Å²) in [5, 5.41) is 0.331. The molecule has 0 radical (unpaired) electrons. The number of hydrogen-bond acceptors (Lipinski definition) is 5. The molecule has 1 aromatic heterocycles. The van der Waals surface area contributed by atoms with Crippen LogP contribution in [0.5, 0.6) is 17.2 Å². The van der Waals surface area contributed by atoms with E-state index in [0.29, 0.717) is 28.0 Å². The Morgan fingerprint density at radius 3 is 2.43 bits per heavy atom. The van der Waals surface area contributed by atoms with Gasteiger partial charge in [0.25, 0.3) is 0 Å². The first kappa shape index (κ1) is 19.9. The van der Waals surface area contributed by atoms with Gasteiger partial charge in [0.2, 0.25) is 11.2 Å². The Labute approximate surface area is 181 Å². The quantitative estimate of drug-likeness (QED) is 0.266. The van der Waals surface area contributed by atoms with Gasteiger partial charge in [-0.3, -0.25) is 4.79 Å². The zero-order valence-electron chi connectivity index (χ0n) is 16.3. The molecule has 0 unspecified atom stereocenters. The van der Waals surface area contributed by atoms with E-state index in [2.05, 4.69) is 15.9 Å². The Bertz CT molecular complexity index is 1310. The molecule has 0 spiro atoms. The van der Waals surface area contributed by atoms with Crippen LogP contribution in [0.15, 0.2) is 80.4 Å². The minimum atomic E-state index is -0.484. The van der Waals surface area contributed by atoms with E-state index in [1.54, 1.807) is 37.3 Å². The summed E-state index contributed by atoms with van der Waals surface area (Å²) in [6.45, 7) is 3.59. The highest BCUT2D eigenvalue weighted by molar-refractivity contribution is 9.10. The number of aryl methyl sites for hydroxylation is 2.